The molecule has 0 aliphatic rings. The van der Waals surface area contributed by atoms with E-state index in [1.165, 1.54) is 17.5 Å². The molecule has 0 aliphatic carbocycles. The number of nitrogens with two attached hydrogens (primary N) is 1. The van der Waals surface area contributed by atoms with Crippen LogP contribution >= 0.6 is 11.9 Å². The van der Waals surface area contributed by atoms with E-state index in [1.807, 2.05) is 18.9 Å². The van der Waals surface area contributed by atoms with Gasteiger partial charge in [-0.1, -0.05) is 17.7 Å². The van der Waals surface area contributed by atoms with E-state index in [2.05, 4.69) is 19.1 Å². The molecule has 0 aromatic heterocycles. The van der Waals surface area contributed by atoms with Crippen LogP contribution in [0, 0.1) is 6.92 Å². The second-order valence-corrected chi connectivity index (χ2v) is 2.64. The minimum absolute atomic E-state index is 1.11. The SMILES string of the molecule is C=O.Cc1ccc(SN)cc1. The van der Waals surface area contributed by atoms with E-state index >= 15 is 0 Å². The zero-order chi connectivity index (χ0) is 8.69. The average Bonchev–Trinajstić information content (AvgIpc) is 2.10. The Morgan fingerprint density at radius 2 is 1.73 bits per heavy atom. The molecule has 0 heterocycles. The third kappa shape index (κ3) is 3.80. The van der Waals surface area contributed by atoms with Gasteiger partial charge in [0.1, 0.15) is 6.79 Å². The first kappa shape index (κ1) is 10.2. The average molecular weight is 169 g/mol. The fourth-order valence-corrected chi connectivity index (χ4v) is 0.910. The van der Waals surface area contributed by atoms with Crippen molar-refractivity contribution in [3.8, 4) is 0 Å². The molecule has 2 N–H and O–H groups in total. The molecule has 0 radical (unpaired) electrons. The summed E-state index contributed by atoms with van der Waals surface area (Å²) >= 11 is 1.28. The van der Waals surface area contributed by atoms with Crippen LogP contribution in [0.15, 0.2) is 29.2 Å². The fourth-order valence-electron chi connectivity index (χ4n) is 0.617. The minimum atomic E-state index is 1.11. The summed E-state index contributed by atoms with van der Waals surface area (Å²) in [6.45, 7) is 4.06. The Bertz CT molecular complexity index is 198. The number of hydrogen-bond acceptors (Lipinski definition) is 3. The normalized spacial score (nSPS) is 8.18. The summed E-state index contributed by atoms with van der Waals surface area (Å²) in [5.74, 6) is 0. The van der Waals surface area contributed by atoms with Crippen molar-refractivity contribution in [3.05, 3.63) is 29.8 Å². The molecule has 1 aromatic carbocycles. The van der Waals surface area contributed by atoms with E-state index in [1.54, 1.807) is 0 Å². The molecule has 0 atom stereocenters. The smallest absolute Gasteiger partial charge is 0.106 e. The molecule has 0 bridgehead atoms. The van der Waals surface area contributed by atoms with Crippen LogP contribution in [-0.2, 0) is 4.79 Å². The Balaban J connectivity index is 0.000000461. The van der Waals surface area contributed by atoms with E-state index < -0.39 is 0 Å². The standard InChI is InChI=1S/C7H9NS.CH2O/c1-6-2-4-7(9-8)5-3-6;1-2/h2-5H,8H2,1H3;1H2. The van der Waals surface area contributed by atoms with Crippen molar-refractivity contribution in [2.24, 2.45) is 5.14 Å². The molecular formula is C8H11NOS. The number of rotatable bonds is 1. The van der Waals surface area contributed by atoms with Gasteiger partial charge in [0.25, 0.3) is 0 Å². The lowest BCUT2D eigenvalue weighted by Gasteiger charge is -1.93. The summed E-state index contributed by atoms with van der Waals surface area (Å²) < 4.78 is 0. The molecule has 0 saturated heterocycles. The van der Waals surface area contributed by atoms with Crippen molar-refractivity contribution < 1.29 is 4.79 Å². The third-order valence-electron chi connectivity index (χ3n) is 1.16. The zero-order valence-corrected chi connectivity index (χ0v) is 7.23. The number of carbonyl (C=O) groups excluding carboxylic acids is 1. The topological polar surface area (TPSA) is 43.1 Å². The van der Waals surface area contributed by atoms with Crippen molar-refractivity contribution in [3.63, 3.8) is 0 Å². The highest BCUT2D eigenvalue weighted by molar-refractivity contribution is 7.97. The first-order valence-corrected chi connectivity index (χ1v) is 3.93. The van der Waals surface area contributed by atoms with Crippen molar-refractivity contribution in [1.29, 1.82) is 0 Å². The van der Waals surface area contributed by atoms with Crippen molar-refractivity contribution in [2.75, 3.05) is 0 Å². The summed E-state index contributed by atoms with van der Waals surface area (Å²) in [5, 5.41) is 5.32. The molecule has 1 aromatic rings. The second-order valence-electron chi connectivity index (χ2n) is 1.93. The maximum atomic E-state index is 8.00. The van der Waals surface area contributed by atoms with Crippen LogP contribution in [0.5, 0.6) is 0 Å². The van der Waals surface area contributed by atoms with Gasteiger partial charge in [-0.05, 0) is 31.0 Å². The fraction of sp³-hybridized carbons (Fsp3) is 0.125. The molecule has 0 unspecified atom stereocenters. The van der Waals surface area contributed by atoms with Gasteiger partial charge in [0.15, 0.2) is 0 Å². The maximum Gasteiger partial charge on any atom is 0.106 e. The third-order valence-corrected chi connectivity index (χ3v) is 1.70. The molecule has 0 spiro atoms. The highest BCUT2D eigenvalue weighted by Gasteiger charge is 1.85. The van der Waals surface area contributed by atoms with Crippen LogP contribution in [0.3, 0.4) is 0 Å². The Morgan fingerprint density at radius 3 is 2.09 bits per heavy atom. The Kier molecular flexibility index (Phi) is 5.51. The molecule has 0 amide bonds. The largest absolute Gasteiger partial charge is 0.307 e. The van der Waals surface area contributed by atoms with Gasteiger partial charge in [-0.15, -0.1) is 0 Å². The Morgan fingerprint density at radius 1 is 1.27 bits per heavy atom. The number of benzene rings is 1. The summed E-state index contributed by atoms with van der Waals surface area (Å²) in [7, 11) is 0. The zero-order valence-electron chi connectivity index (χ0n) is 6.41. The first-order valence-electron chi connectivity index (χ1n) is 3.05. The predicted molar refractivity (Wildman–Crippen MR) is 48.3 cm³/mol. The van der Waals surface area contributed by atoms with Crippen molar-refractivity contribution >= 4 is 18.7 Å². The van der Waals surface area contributed by atoms with Gasteiger partial charge in [0.05, 0.1) is 0 Å². The lowest BCUT2D eigenvalue weighted by molar-refractivity contribution is -0.0979. The highest BCUT2D eigenvalue weighted by Crippen LogP contribution is 2.11. The molecule has 60 valence electrons. The van der Waals surface area contributed by atoms with Crippen LogP contribution in [-0.4, -0.2) is 6.79 Å². The van der Waals surface area contributed by atoms with Crippen molar-refractivity contribution in [1.82, 2.24) is 0 Å². The first-order chi connectivity index (χ1) is 5.33. The van der Waals surface area contributed by atoms with Gasteiger partial charge in [-0.2, -0.15) is 0 Å². The molecule has 11 heavy (non-hydrogen) atoms. The van der Waals surface area contributed by atoms with Crippen LogP contribution < -0.4 is 5.14 Å². The quantitative estimate of drug-likeness (QED) is 0.651. The van der Waals surface area contributed by atoms with Gasteiger partial charge < -0.3 is 4.79 Å². The molecule has 3 heteroatoms. The predicted octanol–water partition coefficient (Wildman–Crippen LogP) is 1.78. The lowest BCUT2D eigenvalue weighted by Crippen LogP contribution is -1.78. The molecule has 0 saturated carbocycles. The van der Waals surface area contributed by atoms with Gasteiger partial charge in [-0.25, -0.2) is 0 Å². The highest BCUT2D eigenvalue weighted by atomic mass is 32.2. The molecule has 0 fully saturated rings. The lowest BCUT2D eigenvalue weighted by atomic mass is 10.2. The van der Waals surface area contributed by atoms with Crippen LogP contribution in [0.1, 0.15) is 5.56 Å². The Hall–Kier alpha value is -0.800. The summed E-state index contributed by atoms with van der Waals surface area (Å²) in [6, 6.07) is 8.13. The number of hydrogen-bond donors (Lipinski definition) is 1. The van der Waals surface area contributed by atoms with E-state index in [4.69, 9.17) is 9.93 Å². The Labute approximate surface area is 70.9 Å². The second kappa shape index (κ2) is 5.95. The van der Waals surface area contributed by atoms with Crippen LogP contribution in [0.2, 0.25) is 0 Å². The minimum Gasteiger partial charge on any atom is -0.307 e. The van der Waals surface area contributed by atoms with Crippen LogP contribution in [0.4, 0.5) is 0 Å². The summed E-state index contributed by atoms with van der Waals surface area (Å²) in [5.41, 5.74) is 1.27. The van der Waals surface area contributed by atoms with Gasteiger partial charge in [0.2, 0.25) is 0 Å². The van der Waals surface area contributed by atoms with E-state index in [0.717, 1.165) is 4.90 Å². The van der Waals surface area contributed by atoms with E-state index in [0.29, 0.717) is 0 Å². The maximum absolute atomic E-state index is 8.00. The molecule has 0 aliphatic heterocycles. The van der Waals surface area contributed by atoms with Gasteiger partial charge >= 0.3 is 0 Å². The van der Waals surface area contributed by atoms with Gasteiger partial charge in [0, 0.05) is 4.90 Å². The van der Waals surface area contributed by atoms with Crippen molar-refractivity contribution in [2.45, 2.75) is 11.8 Å². The monoisotopic (exact) mass is 169 g/mol. The molecule has 2 nitrogen and oxygen atoms in total. The summed E-state index contributed by atoms with van der Waals surface area (Å²) in [4.78, 5) is 9.11. The van der Waals surface area contributed by atoms with Crippen LogP contribution in [0.25, 0.3) is 0 Å². The van der Waals surface area contributed by atoms with E-state index in [9.17, 15) is 0 Å². The molecule has 1 rings (SSSR count). The number of aryl methyl sites for hydroxylation is 1. The molecular weight excluding hydrogens is 158 g/mol. The van der Waals surface area contributed by atoms with Gasteiger partial charge in [-0.3, -0.25) is 5.14 Å². The summed E-state index contributed by atoms with van der Waals surface area (Å²) in [6.07, 6.45) is 0. The van der Waals surface area contributed by atoms with E-state index in [-0.39, 0.29) is 0 Å². The number of carbonyl (C=O) groups is 1.